The summed E-state index contributed by atoms with van der Waals surface area (Å²) in [5, 5.41) is -0.288. The first-order valence-electron chi connectivity index (χ1n) is 13.5. The number of benzene rings is 3. The van der Waals surface area contributed by atoms with Crippen LogP contribution >= 0.6 is 11.6 Å². The van der Waals surface area contributed by atoms with Crippen LogP contribution in [0, 0.1) is 0 Å². The monoisotopic (exact) mass is 632 g/mol. The number of ether oxygens (including phenoxy) is 5. The number of rotatable bonds is 9. The number of hydrogen-bond donors (Lipinski definition) is 0. The summed E-state index contributed by atoms with van der Waals surface area (Å²) in [6, 6.07) is 24.1. The van der Waals surface area contributed by atoms with Gasteiger partial charge in [0.25, 0.3) is 5.56 Å². The number of carbonyl (C=O) groups is 4. The van der Waals surface area contributed by atoms with E-state index >= 15 is 0 Å². The van der Waals surface area contributed by atoms with Crippen LogP contribution < -0.4 is 5.56 Å². The Kier molecular flexibility index (Phi) is 9.66. The van der Waals surface area contributed by atoms with E-state index in [1.54, 1.807) is 66.7 Å². The van der Waals surface area contributed by atoms with E-state index < -0.39 is 66.3 Å². The van der Waals surface area contributed by atoms with Gasteiger partial charge in [0.15, 0.2) is 18.4 Å². The van der Waals surface area contributed by atoms with Crippen LogP contribution in [-0.4, -0.2) is 65.5 Å². The summed E-state index contributed by atoms with van der Waals surface area (Å²) in [4.78, 5) is 68.9. The van der Waals surface area contributed by atoms with Crippen molar-refractivity contribution in [3.8, 4) is 0 Å². The Balaban J connectivity index is 1.56. The molecule has 1 aromatic heterocycles. The van der Waals surface area contributed by atoms with Gasteiger partial charge >= 0.3 is 23.9 Å². The minimum absolute atomic E-state index is 0.152. The second-order valence-electron chi connectivity index (χ2n) is 9.62. The molecule has 3 aromatic carbocycles. The van der Waals surface area contributed by atoms with Gasteiger partial charge in [0.1, 0.15) is 17.9 Å². The van der Waals surface area contributed by atoms with Crippen molar-refractivity contribution in [1.29, 1.82) is 0 Å². The fourth-order valence-corrected chi connectivity index (χ4v) is 4.77. The number of halogens is 1. The molecule has 0 spiro atoms. The molecule has 12 nitrogen and oxygen atoms in total. The molecule has 0 aliphatic carbocycles. The summed E-state index contributed by atoms with van der Waals surface area (Å²) in [5.74, 6) is -3.42. The molecule has 4 atom stereocenters. The highest BCUT2D eigenvalue weighted by Gasteiger charge is 2.52. The van der Waals surface area contributed by atoms with Gasteiger partial charge in [-0.25, -0.2) is 24.2 Å². The summed E-state index contributed by atoms with van der Waals surface area (Å²) in [6.07, 6.45) is -4.64. The lowest BCUT2D eigenvalue weighted by molar-refractivity contribution is -0.0636. The standard InChI is InChI=1S/C32H25ClN2O10/c1-41-32(40)24-27(36)35(17-23(33)34-24)28-26(45-31(39)21-15-9-4-10-16-21)25(44-30(38)20-13-7-3-8-14-20)22(43-28)18-42-29(37)19-11-5-2-6-12-19/h2-17,22,25-26,28H,18H2,1H3/t22-,25-,26+,28-/m1/s1. The first-order chi connectivity index (χ1) is 21.8. The van der Waals surface area contributed by atoms with Crippen molar-refractivity contribution in [1.82, 2.24) is 9.55 Å². The van der Waals surface area contributed by atoms with Crippen molar-refractivity contribution in [2.75, 3.05) is 13.7 Å². The second-order valence-corrected chi connectivity index (χ2v) is 10.0. The Bertz CT molecular complexity index is 1750. The predicted molar refractivity (Wildman–Crippen MR) is 157 cm³/mol. The molecular formula is C32H25ClN2O10. The van der Waals surface area contributed by atoms with Crippen LogP contribution in [0.1, 0.15) is 47.8 Å². The van der Waals surface area contributed by atoms with Gasteiger partial charge in [-0.05, 0) is 36.4 Å². The van der Waals surface area contributed by atoms with E-state index in [0.29, 0.717) is 0 Å². The van der Waals surface area contributed by atoms with E-state index in [2.05, 4.69) is 9.72 Å². The number of esters is 4. The molecule has 1 aliphatic heterocycles. The lowest BCUT2D eigenvalue weighted by Crippen LogP contribution is -2.43. The van der Waals surface area contributed by atoms with Crippen LogP contribution in [0.25, 0.3) is 0 Å². The topological polar surface area (TPSA) is 149 Å². The highest BCUT2D eigenvalue weighted by atomic mass is 35.5. The molecule has 0 unspecified atom stereocenters. The minimum Gasteiger partial charge on any atom is -0.464 e. The van der Waals surface area contributed by atoms with Gasteiger partial charge in [-0.1, -0.05) is 66.2 Å². The molecule has 230 valence electrons. The van der Waals surface area contributed by atoms with E-state index in [0.717, 1.165) is 17.9 Å². The van der Waals surface area contributed by atoms with Crippen LogP contribution in [0.15, 0.2) is 102 Å². The van der Waals surface area contributed by atoms with Crippen LogP contribution in [0.3, 0.4) is 0 Å². The fraction of sp³-hybridized carbons (Fsp3) is 0.188. The summed E-state index contributed by atoms with van der Waals surface area (Å²) >= 11 is 6.16. The number of nitrogens with zero attached hydrogens (tertiary/aromatic N) is 2. The average molecular weight is 633 g/mol. The van der Waals surface area contributed by atoms with Crippen LogP contribution in [0.4, 0.5) is 0 Å². The summed E-state index contributed by atoms with van der Waals surface area (Å²) in [5.41, 5.74) is -1.09. The van der Waals surface area contributed by atoms with Crippen molar-refractivity contribution < 1.29 is 42.9 Å². The summed E-state index contributed by atoms with van der Waals surface area (Å²) in [6.45, 7) is -0.478. The van der Waals surface area contributed by atoms with Gasteiger partial charge in [0.2, 0.25) is 5.69 Å². The molecule has 45 heavy (non-hydrogen) atoms. The van der Waals surface area contributed by atoms with Gasteiger partial charge in [-0.2, -0.15) is 0 Å². The molecule has 2 heterocycles. The summed E-state index contributed by atoms with van der Waals surface area (Å²) < 4.78 is 28.8. The van der Waals surface area contributed by atoms with E-state index in [1.165, 1.54) is 24.3 Å². The zero-order valence-electron chi connectivity index (χ0n) is 23.6. The molecule has 0 radical (unpaired) electrons. The van der Waals surface area contributed by atoms with Gasteiger partial charge < -0.3 is 23.7 Å². The summed E-state index contributed by atoms with van der Waals surface area (Å²) in [7, 11) is 1.06. The molecule has 1 fully saturated rings. The second kappa shape index (κ2) is 14.0. The molecule has 0 saturated carbocycles. The quantitative estimate of drug-likeness (QED) is 0.195. The van der Waals surface area contributed by atoms with Crippen molar-refractivity contribution in [2.45, 2.75) is 24.5 Å². The number of aromatic nitrogens is 2. The highest BCUT2D eigenvalue weighted by Crippen LogP contribution is 2.35. The largest absolute Gasteiger partial charge is 0.464 e. The molecule has 5 rings (SSSR count). The maximum Gasteiger partial charge on any atom is 0.362 e. The Morgan fingerprint density at radius 3 is 1.76 bits per heavy atom. The molecule has 0 N–H and O–H groups in total. The third-order valence-electron chi connectivity index (χ3n) is 6.73. The zero-order chi connectivity index (χ0) is 31.9. The van der Waals surface area contributed by atoms with Gasteiger partial charge in [0.05, 0.1) is 23.8 Å². The van der Waals surface area contributed by atoms with E-state index in [9.17, 15) is 24.0 Å². The molecular weight excluding hydrogens is 608 g/mol. The van der Waals surface area contributed by atoms with Crippen molar-refractivity contribution >= 4 is 35.5 Å². The maximum absolute atomic E-state index is 13.4. The van der Waals surface area contributed by atoms with Crippen molar-refractivity contribution in [2.24, 2.45) is 0 Å². The predicted octanol–water partition coefficient (Wildman–Crippen LogP) is 3.89. The molecule has 13 heteroatoms. The first kappa shape index (κ1) is 31.1. The number of hydrogen-bond acceptors (Lipinski definition) is 11. The zero-order valence-corrected chi connectivity index (χ0v) is 24.4. The Hall–Kier alpha value is -5.33. The molecule has 0 bridgehead atoms. The van der Waals surface area contributed by atoms with Crippen molar-refractivity contribution in [3.05, 3.63) is 135 Å². The van der Waals surface area contributed by atoms with Crippen LogP contribution in [0.2, 0.25) is 5.15 Å². The SMILES string of the molecule is COC(=O)c1nc(Cl)cn([C@@H]2O[C@H](COC(=O)c3ccccc3)[C@@H](OC(=O)c3ccccc3)[C@@H]2OC(=O)c2ccccc2)c1=O. The maximum atomic E-state index is 13.4. The molecule has 1 aliphatic rings. The van der Waals surface area contributed by atoms with E-state index in [-0.39, 0.29) is 21.8 Å². The lowest BCUT2D eigenvalue weighted by Gasteiger charge is -2.25. The number of methoxy groups -OCH3 is 1. The Labute approximate surface area is 261 Å². The Morgan fingerprint density at radius 1 is 0.756 bits per heavy atom. The first-order valence-corrected chi connectivity index (χ1v) is 13.9. The minimum atomic E-state index is -1.52. The highest BCUT2D eigenvalue weighted by molar-refractivity contribution is 6.29. The molecule has 1 saturated heterocycles. The van der Waals surface area contributed by atoms with Gasteiger partial charge in [0, 0.05) is 6.20 Å². The number of carbonyl (C=O) groups excluding carboxylic acids is 4. The van der Waals surface area contributed by atoms with E-state index in [1.807, 2.05) is 0 Å². The van der Waals surface area contributed by atoms with Crippen LogP contribution in [0.5, 0.6) is 0 Å². The Morgan fingerprint density at radius 2 is 1.24 bits per heavy atom. The van der Waals surface area contributed by atoms with Crippen molar-refractivity contribution in [3.63, 3.8) is 0 Å². The smallest absolute Gasteiger partial charge is 0.362 e. The van der Waals surface area contributed by atoms with Crippen LogP contribution in [-0.2, 0) is 23.7 Å². The third kappa shape index (κ3) is 7.08. The normalized spacial score (nSPS) is 18.9. The molecule has 4 aromatic rings. The lowest BCUT2D eigenvalue weighted by atomic mass is 10.1. The van der Waals surface area contributed by atoms with Gasteiger partial charge in [-0.3, -0.25) is 9.36 Å². The third-order valence-corrected chi connectivity index (χ3v) is 6.92. The fourth-order valence-electron chi connectivity index (χ4n) is 4.58. The van der Waals surface area contributed by atoms with E-state index in [4.69, 9.17) is 30.5 Å². The average Bonchev–Trinajstić information content (AvgIpc) is 3.40. The molecule has 0 amide bonds. The van der Waals surface area contributed by atoms with Gasteiger partial charge in [-0.15, -0.1) is 0 Å².